The van der Waals surface area contributed by atoms with Gasteiger partial charge in [0.25, 0.3) is 11.4 Å². The highest BCUT2D eigenvalue weighted by Gasteiger charge is 2.22. The maximum absolute atomic E-state index is 10.9. The van der Waals surface area contributed by atoms with Crippen LogP contribution < -0.4 is 9.80 Å². The van der Waals surface area contributed by atoms with Crippen molar-refractivity contribution in [2.24, 2.45) is 0 Å². The van der Waals surface area contributed by atoms with Crippen LogP contribution >= 0.6 is 23.2 Å². The summed E-state index contributed by atoms with van der Waals surface area (Å²) in [5.41, 5.74) is 1.59. The van der Waals surface area contributed by atoms with E-state index in [4.69, 9.17) is 23.2 Å². The van der Waals surface area contributed by atoms with Crippen molar-refractivity contribution in [3.8, 4) is 0 Å². The van der Waals surface area contributed by atoms with Gasteiger partial charge in [-0.3, -0.25) is 20.2 Å². The lowest BCUT2D eigenvalue weighted by molar-refractivity contribution is -0.384. The highest BCUT2D eigenvalue weighted by atomic mass is 35.5. The van der Waals surface area contributed by atoms with Crippen LogP contribution in [0.3, 0.4) is 0 Å². The molecule has 0 atom stereocenters. The van der Waals surface area contributed by atoms with Gasteiger partial charge in [0.15, 0.2) is 0 Å². The Morgan fingerprint density at radius 1 is 0.625 bits per heavy atom. The summed E-state index contributed by atoms with van der Waals surface area (Å²) in [7, 11) is 0. The minimum atomic E-state index is -0.365. The van der Waals surface area contributed by atoms with Gasteiger partial charge in [0.05, 0.1) is 9.85 Å². The smallest absolute Gasteiger partial charge is 0.294 e. The zero-order chi connectivity index (χ0) is 23.1. The predicted molar refractivity (Wildman–Crippen MR) is 128 cm³/mol. The van der Waals surface area contributed by atoms with Gasteiger partial charge in [0.1, 0.15) is 11.4 Å². The van der Waals surface area contributed by atoms with Gasteiger partial charge in [-0.1, -0.05) is 23.2 Å². The van der Waals surface area contributed by atoms with E-state index in [1.165, 1.54) is 25.0 Å². The summed E-state index contributed by atoms with van der Waals surface area (Å²) in [6, 6.07) is 9.74. The van der Waals surface area contributed by atoms with Gasteiger partial charge < -0.3 is 9.80 Å². The first-order valence-corrected chi connectivity index (χ1v) is 11.5. The van der Waals surface area contributed by atoms with Gasteiger partial charge in [-0.2, -0.15) is 0 Å². The molecule has 2 aromatic rings. The summed E-state index contributed by atoms with van der Waals surface area (Å²) >= 11 is 11.6. The molecular formula is C22H26Cl2N4O4. The zero-order valence-corrected chi connectivity index (χ0v) is 19.2. The Hall–Kier alpha value is -2.58. The Morgan fingerprint density at radius 3 is 1.28 bits per heavy atom. The second-order valence-corrected chi connectivity index (χ2v) is 8.75. The molecule has 32 heavy (non-hydrogen) atoms. The first-order chi connectivity index (χ1) is 15.4. The lowest BCUT2D eigenvalue weighted by atomic mass is 10.1. The minimum Gasteiger partial charge on any atom is -0.366 e. The number of rotatable bonds is 4. The maximum atomic E-state index is 10.9. The SMILES string of the molecule is O=[N+]([O-])c1cc(Cl)ccc1N1CCCCC1.O=[N+]([O-])c1cc(Cl)ccc1N1CCCCC1. The van der Waals surface area contributed by atoms with E-state index in [-0.39, 0.29) is 21.2 Å². The molecule has 0 aliphatic carbocycles. The third-order valence-electron chi connectivity index (χ3n) is 5.66. The van der Waals surface area contributed by atoms with E-state index in [1.54, 1.807) is 24.3 Å². The van der Waals surface area contributed by atoms with Gasteiger partial charge in [-0.05, 0) is 62.8 Å². The lowest BCUT2D eigenvalue weighted by Crippen LogP contribution is -2.29. The fourth-order valence-corrected chi connectivity index (χ4v) is 4.42. The zero-order valence-electron chi connectivity index (χ0n) is 17.7. The summed E-state index contributed by atoms with van der Waals surface area (Å²) < 4.78 is 0. The number of halogens is 2. The van der Waals surface area contributed by atoms with Crippen molar-refractivity contribution < 1.29 is 9.85 Å². The minimum absolute atomic E-state index is 0.106. The number of hydrogen-bond acceptors (Lipinski definition) is 6. The van der Waals surface area contributed by atoms with Crippen LogP contribution in [0.15, 0.2) is 36.4 Å². The third-order valence-corrected chi connectivity index (χ3v) is 6.13. The molecule has 0 radical (unpaired) electrons. The average molecular weight is 481 g/mol. The van der Waals surface area contributed by atoms with E-state index in [9.17, 15) is 20.2 Å². The summed E-state index contributed by atoms with van der Waals surface area (Å²) in [5.74, 6) is 0. The molecule has 0 amide bonds. The van der Waals surface area contributed by atoms with Crippen LogP contribution in [0.1, 0.15) is 38.5 Å². The molecular weight excluding hydrogens is 455 g/mol. The predicted octanol–water partition coefficient (Wildman–Crippen LogP) is 6.48. The molecule has 0 spiro atoms. The van der Waals surface area contributed by atoms with Crippen LogP contribution in [0.4, 0.5) is 22.7 Å². The quantitative estimate of drug-likeness (QED) is 0.367. The summed E-state index contributed by atoms with van der Waals surface area (Å²) in [6.07, 6.45) is 6.80. The number of hydrogen-bond donors (Lipinski definition) is 0. The Kier molecular flexibility index (Phi) is 8.53. The van der Waals surface area contributed by atoms with Crippen molar-refractivity contribution in [1.29, 1.82) is 0 Å². The number of nitro benzene ring substituents is 2. The normalized spacial score (nSPS) is 16.2. The van der Waals surface area contributed by atoms with Gasteiger partial charge >= 0.3 is 0 Å². The van der Waals surface area contributed by atoms with Crippen LogP contribution in [0.25, 0.3) is 0 Å². The molecule has 10 heteroatoms. The Morgan fingerprint density at radius 2 is 0.969 bits per heavy atom. The Labute approximate surface area is 197 Å². The van der Waals surface area contributed by atoms with Gasteiger partial charge in [-0.25, -0.2) is 0 Å². The Bertz CT molecular complexity index is 883. The van der Waals surface area contributed by atoms with Crippen LogP contribution in [-0.2, 0) is 0 Å². The maximum Gasteiger partial charge on any atom is 0.294 e. The number of piperidine rings is 2. The first kappa shape index (κ1) is 24.1. The number of nitro groups is 2. The second kappa shape index (κ2) is 11.3. The standard InChI is InChI=1S/2C11H13ClN2O2/c2*12-9-4-5-10(11(8-9)14(15)16)13-6-2-1-3-7-13/h2*4-5,8H,1-3,6-7H2. The van der Waals surface area contributed by atoms with Crippen molar-refractivity contribution in [1.82, 2.24) is 0 Å². The topological polar surface area (TPSA) is 92.8 Å². The molecule has 2 aliphatic rings. The van der Waals surface area contributed by atoms with E-state index < -0.39 is 0 Å². The molecule has 2 heterocycles. The molecule has 2 aliphatic heterocycles. The van der Waals surface area contributed by atoms with Crippen molar-refractivity contribution in [3.05, 3.63) is 66.7 Å². The number of benzene rings is 2. The van der Waals surface area contributed by atoms with Crippen molar-refractivity contribution in [2.75, 3.05) is 36.0 Å². The molecule has 8 nitrogen and oxygen atoms in total. The fraction of sp³-hybridized carbons (Fsp3) is 0.455. The molecule has 0 aromatic heterocycles. The summed E-state index contributed by atoms with van der Waals surface area (Å²) in [6.45, 7) is 3.57. The summed E-state index contributed by atoms with van der Waals surface area (Å²) in [4.78, 5) is 25.3. The molecule has 0 saturated carbocycles. The molecule has 2 saturated heterocycles. The summed E-state index contributed by atoms with van der Waals surface area (Å²) in [5, 5.41) is 22.7. The molecule has 2 fully saturated rings. The molecule has 0 unspecified atom stereocenters. The van der Waals surface area contributed by atoms with Crippen molar-refractivity contribution >= 4 is 46.0 Å². The van der Waals surface area contributed by atoms with Gasteiger partial charge in [0, 0.05) is 48.4 Å². The monoisotopic (exact) mass is 480 g/mol. The molecule has 4 rings (SSSR count). The molecule has 172 valence electrons. The van der Waals surface area contributed by atoms with Crippen LogP contribution in [0.2, 0.25) is 10.0 Å². The highest BCUT2D eigenvalue weighted by molar-refractivity contribution is 6.31. The fourth-order valence-electron chi connectivity index (χ4n) is 4.09. The highest BCUT2D eigenvalue weighted by Crippen LogP contribution is 2.33. The number of nitrogens with zero attached hydrogens (tertiary/aromatic N) is 4. The second-order valence-electron chi connectivity index (χ2n) is 7.88. The van der Waals surface area contributed by atoms with E-state index >= 15 is 0 Å². The van der Waals surface area contributed by atoms with Crippen LogP contribution in [-0.4, -0.2) is 36.0 Å². The van der Waals surface area contributed by atoms with Gasteiger partial charge in [0.2, 0.25) is 0 Å². The van der Waals surface area contributed by atoms with Crippen LogP contribution in [0, 0.1) is 20.2 Å². The van der Waals surface area contributed by atoms with E-state index in [0.29, 0.717) is 21.4 Å². The first-order valence-electron chi connectivity index (χ1n) is 10.7. The lowest BCUT2D eigenvalue weighted by Gasteiger charge is -2.28. The molecule has 0 N–H and O–H groups in total. The van der Waals surface area contributed by atoms with E-state index in [2.05, 4.69) is 9.80 Å². The number of anilines is 2. The largest absolute Gasteiger partial charge is 0.366 e. The molecule has 0 bridgehead atoms. The van der Waals surface area contributed by atoms with E-state index in [1.807, 2.05) is 0 Å². The molecule has 2 aromatic carbocycles. The van der Waals surface area contributed by atoms with Crippen molar-refractivity contribution in [2.45, 2.75) is 38.5 Å². The van der Waals surface area contributed by atoms with Gasteiger partial charge in [-0.15, -0.1) is 0 Å². The average Bonchev–Trinajstić information content (AvgIpc) is 2.80. The van der Waals surface area contributed by atoms with E-state index in [0.717, 1.165) is 51.9 Å². The Balaban J connectivity index is 0.000000181. The third kappa shape index (κ3) is 6.23. The van der Waals surface area contributed by atoms with Crippen LogP contribution in [0.5, 0.6) is 0 Å². The van der Waals surface area contributed by atoms with Crippen molar-refractivity contribution in [3.63, 3.8) is 0 Å².